The second kappa shape index (κ2) is 7.16. The number of halogens is 1. The van der Waals surface area contributed by atoms with Crippen LogP contribution in [-0.2, 0) is 0 Å². The van der Waals surface area contributed by atoms with E-state index in [2.05, 4.69) is 62.3 Å². The second-order valence-electron chi connectivity index (χ2n) is 8.12. The van der Waals surface area contributed by atoms with E-state index in [0.29, 0.717) is 0 Å². The zero-order valence-corrected chi connectivity index (χ0v) is 17.6. The Labute approximate surface area is 176 Å². The van der Waals surface area contributed by atoms with Gasteiger partial charge in [0.05, 0.1) is 23.9 Å². The summed E-state index contributed by atoms with van der Waals surface area (Å²) in [5.41, 5.74) is 5.25. The Bertz CT molecular complexity index is 909. The molecule has 1 N–H and O–H groups in total. The number of hydrogen-bond acceptors (Lipinski definition) is 7. The average molecular weight is 412 g/mol. The van der Waals surface area contributed by atoms with Crippen LogP contribution >= 0.6 is 11.6 Å². The van der Waals surface area contributed by atoms with Crippen molar-refractivity contribution in [3.05, 3.63) is 53.3 Å². The van der Waals surface area contributed by atoms with E-state index in [4.69, 9.17) is 16.6 Å². The van der Waals surface area contributed by atoms with Gasteiger partial charge in [0.2, 0.25) is 0 Å². The molecule has 0 bridgehead atoms. The molecule has 2 saturated heterocycles. The van der Waals surface area contributed by atoms with Crippen molar-refractivity contribution in [1.29, 1.82) is 0 Å². The number of piperazine rings is 1. The molecule has 4 heterocycles. The van der Waals surface area contributed by atoms with Crippen molar-refractivity contribution >= 4 is 29.0 Å². The summed E-state index contributed by atoms with van der Waals surface area (Å²) >= 11 is 6.43. The zero-order valence-electron chi connectivity index (χ0n) is 16.8. The number of likely N-dealkylation sites (N-methyl/N-ethyl adjacent to an activating group) is 1. The van der Waals surface area contributed by atoms with Crippen molar-refractivity contribution in [2.24, 2.45) is 9.98 Å². The summed E-state index contributed by atoms with van der Waals surface area (Å²) in [5, 5.41) is 2.91. The van der Waals surface area contributed by atoms with Gasteiger partial charge in [-0.3, -0.25) is 0 Å². The predicted molar refractivity (Wildman–Crippen MR) is 118 cm³/mol. The molecule has 0 radical (unpaired) electrons. The Morgan fingerprint density at radius 1 is 1.17 bits per heavy atom. The van der Waals surface area contributed by atoms with Gasteiger partial charge in [0.25, 0.3) is 0 Å². The summed E-state index contributed by atoms with van der Waals surface area (Å²) in [5.74, 6) is 1.88. The summed E-state index contributed by atoms with van der Waals surface area (Å²) in [7, 11) is 2.17. The van der Waals surface area contributed by atoms with Gasteiger partial charge >= 0.3 is 0 Å². The minimum absolute atomic E-state index is 0.340. The topological polar surface area (TPSA) is 49.7 Å². The summed E-state index contributed by atoms with van der Waals surface area (Å²) < 4.78 is 0. The first-order chi connectivity index (χ1) is 14.0. The van der Waals surface area contributed by atoms with E-state index >= 15 is 0 Å². The molecule has 0 aromatic heterocycles. The van der Waals surface area contributed by atoms with Crippen molar-refractivity contribution < 1.29 is 0 Å². The van der Waals surface area contributed by atoms with E-state index in [1.807, 2.05) is 24.5 Å². The molecule has 1 aromatic rings. The Morgan fingerprint density at radius 3 is 2.79 bits per heavy atom. The smallest absolute Gasteiger partial charge is 0.161 e. The number of benzene rings is 1. The molecular formula is C21H26ClN7. The van der Waals surface area contributed by atoms with Crippen LogP contribution < -0.4 is 5.43 Å². The molecule has 8 heteroatoms. The average Bonchev–Trinajstić information content (AvgIpc) is 3.08. The minimum Gasteiger partial charge on any atom is -0.354 e. The van der Waals surface area contributed by atoms with E-state index in [9.17, 15) is 0 Å². The van der Waals surface area contributed by atoms with Crippen LogP contribution in [0.1, 0.15) is 5.56 Å². The van der Waals surface area contributed by atoms with E-state index in [1.165, 1.54) is 0 Å². The van der Waals surface area contributed by atoms with E-state index in [0.717, 1.165) is 67.3 Å². The molecule has 4 aliphatic heterocycles. The first kappa shape index (κ1) is 18.7. The predicted octanol–water partition coefficient (Wildman–Crippen LogP) is 2.39. The lowest BCUT2D eigenvalue weighted by Gasteiger charge is -2.40. The molecule has 1 unspecified atom stereocenters. The summed E-state index contributed by atoms with van der Waals surface area (Å²) in [6.07, 6.45) is 8.32. The lowest BCUT2D eigenvalue weighted by Crippen LogP contribution is -2.53. The van der Waals surface area contributed by atoms with Crippen LogP contribution in [0.15, 0.2) is 52.7 Å². The number of hydrazine groups is 1. The molecule has 29 heavy (non-hydrogen) atoms. The van der Waals surface area contributed by atoms with Crippen molar-refractivity contribution in [3.63, 3.8) is 0 Å². The maximum absolute atomic E-state index is 6.43. The molecule has 1 spiro atoms. The number of aliphatic imine (C=N–C) groups is 2. The van der Waals surface area contributed by atoms with Crippen LogP contribution in [0.2, 0.25) is 5.02 Å². The molecule has 1 atom stereocenters. The highest BCUT2D eigenvalue weighted by atomic mass is 35.5. The van der Waals surface area contributed by atoms with Crippen LogP contribution in [-0.4, -0.2) is 83.4 Å². The largest absolute Gasteiger partial charge is 0.354 e. The zero-order chi connectivity index (χ0) is 20.0. The van der Waals surface area contributed by atoms with E-state index in [-0.39, 0.29) is 5.54 Å². The van der Waals surface area contributed by atoms with Gasteiger partial charge < -0.3 is 20.1 Å². The van der Waals surface area contributed by atoms with Crippen molar-refractivity contribution in [1.82, 2.24) is 19.7 Å². The third-order valence-electron chi connectivity index (χ3n) is 6.15. The number of nitrogens with zero attached hydrogens (tertiary/aromatic N) is 6. The summed E-state index contributed by atoms with van der Waals surface area (Å²) in [4.78, 5) is 16.6. The maximum atomic E-state index is 6.43. The van der Waals surface area contributed by atoms with Crippen LogP contribution in [0.5, 0.6) is 0 Å². The number of para-hydroxylation sites is 1. The van der Waals surface area contributed by atoms with E-state index < -0.39 is 0 Å². The molecule has 152 valence electrons. The molecule has 0 amide bonds. The Kier molecular flexibility index (Phi) is 4.61. The first-order valence-corrected chi connectivity index (χ1v) is 10.4. The number of rotatable bonds is 2. The summed E-state index contributed by atoms with van der Waals surface area (Å²) in [6, 6.07) is 5.95. The molecule has 2 fully saturated rings. The number of dihydropyridines is 1. The highest BCUT2D eigenvalue weighted by Crippen LogP contribution is 2.35. The number of hydrogen-bond donors (Lipinski definition) is 1. The molecule has 7 nitrogen and oxygen atoms in total. The molecule has 0 aliphatic carbocycles. The number of amidine groups is 2. The Hall–Kier alpha value is -2.35. The monoisotopic (exact) mass is 411 g/mol. The van der Waals surface area contributed by atoms with Gasteiger partial charge in [-0.2, -0.15) is 0 Å². The number of nitrogens with one attached hydrogen (secondary N) is 1. The second-order valence-corrected chi connectivity index (χ2v) is 8.53. The van der Waals surface area contributed by atoms with Gasteiger partial charge in [-0.25, -0.2) is 15.0 Å². The van der Waals surface area contributed by atoms with Crippen LogP contribution in [0.25, 0.3) is 0 Å². The van der Waals surface area contributed by atoms with Gasteiger partial charge in [-0.15, -0.1) is 0 Å². The molecule has 4 aliphatic rings. The maximum Gasteiger partial charge on any atom is 0.161 e. The molecule has 5 rings (SSSR count). The van der Waals surface area contributed by atoms with Crippen LogP contribution in [0.3, 0.4) is 0 Å². The van der Waals surface area contributed by atoms with Crippen molar-refractivity contribution in [3.8, 4) is 0 Å². The van der Waals surface area contributed by atoms with Crippen molar-refractivity contribution in [2.75, 3.05) is 51.9 Å². The fraction of sp³-hybridized carbons (Fsp3) is 0.429. The minimum atomic E-state index is -0.340. The first-order valence-electron chi connectivity index (χ1n) is 10.0. The van der Waals surface area contributed by atoms with Crippen molar-refractivity contribution in [2.45, 2.75) is 12.5 Å². The molecular weight excluding hydrogens is 386 g/mol. The quantitative estimate of drug-likeness (QED) is 0.809. The lowest BCUT2D eigenvalue weighted by atomic mass is 9.93. The fourth-order valence-corrected chi connectivity index (χ4v) is 4.61. The molecule has 1 aromatic carbocycles. The van der Waals surface area contributed by atoms with E-state index in [1.54, 1.807) is 0 Å². The lowest BCUT2D eigenvalue weighted by molar-refractivity contribution is 0.215. The Morgan fingerprint density at radius 2 is 2.00 bits per heavy atom. The third-order valence-corrected chi connectivity index (χ3v) is 6.46. The highest BCUT2D eigenvalue weighted by Gasteiger charge is 2.49. The van der Waals surface area contributed by atoms with Gasteiger partial charge in [0.1, 0.15) is 11.4 Å². The molecule has 0 saturated carbocycles. The Balaban J connectivity index is 1.37. The van der Waals surface area contributed by atoms with Gasteiger partial charge in [-0.05, 0) is 37.8 Å². The van der Waals surface area contributed by atoms with Crippen LogP contribution in [0, 0.1) is 6.92 Å². The highest BCUT2D eigenvalue weighted by molar-refractivity contribution is 6.33. The SMILES string of the molecule is Cc1cccc(Cl)c1NN1CN2C=CN=C3N=C(N4CCN(C)CC4)C=CC32C1. The van der Waals surface area contributed by atoms with Gasteiger partial charge in [-0.1, -0.05) is 23.7 Å². The number of aryl methyl sites for hydroxylation is 1. The van der Waals surface area contributed by atoms with Gasteiger partial charge in [0, 0.05) is 38.6 Å². The number of anilines is 1. The summed E-state index contributed by atoms with van der Waals surface area (Å²) in [6.45, 7) is 7.66. The third kappa shape index (κ3) is 3.23. The fourth-order valence-electron chi connectivity index (χ4n) is 4.34. The normalized spacial score (nSPS) is 26.9. The standard InChI is InChI=1S/C21H26ClN7/c1-16-4-3-5-17(22)19(16)25-29-14-21-7-6-18(27-12-10-26(2)11-13-27)24-20(21)23-8-9-28(21)15-29/h3-9,25H,10-15H2,1-2H3. The van der Waals surface area contributed by atoms with Crippen LogP contribution in [0.4, 0.5) is 5.69 Å². The van der Waals surface area contributed by atoms with Gasteiger partial charge in [0.15, 0.2) is 5.84 Å².